The van der Waals surface area contributed by atoms with Gasteiger partial charge in [0.1, 0.15) is 17.9 Å². The zero-order valence-corrected chi connectivity index (χ0v) is 11.1. The van der Waals surface area contributed by atoms with Crippen LogP contribution in [0.1, 0.15) is 5.56 Å². The number of nitriles is 1. The second kappa shape index (κ2) is 5.51. The van der Waals surface area contributed by atoms with Crippen LogP contribution in [0, 0.1) is 11.3 Å². The molecule has 0 radical (unpaired) electrons. The van der Waals surface area contributed by atoms with Gasteiger partial charge >= 0.3 is 0 Å². The van der Waals surface area contributed by atoms with E-state index in [1.165, 1.54) is 0 Å². The maximum Gasteiger partial charge on any atom is 0.276 e. The molecule has 0 atom stereocenters. The lowest BCUT2D eigenvalue weighted by molar-refractivity contribution is 0.296. The second-order valence-electron chi connectivity index (χ2n) is 4.44. The molecule has 0 spiro atoms. The number of nitrogens with zero attached hydrogens (tertiary/aromatic N) is 4. The third-order valence-electron chi connectivity index (χ3n) is 3.12. The Bertz CT molecular complexity index is 856. The Labute approximate surface area is 120 Å². The highest BCUT2D eigenvalue weighted by Crippen LogP contribution is 2.11. The van der Waals surface area contributed by atoms with Crippen molar-refractivity contribution in [3.05, 3.63) is 64.8 Å². The highest BCUT2D eigenvalue weighted by molar-refractivity contribution is 5.42. The molecule has 2 heterocycles. The molecule has 0 aliphatic carbocycles. The Hall–Kier alpha value is -3.07. The number of aromatic nitrogens is 3. The van der Waals surface area contributed by atoms with Crippen LogP contribution in [0.2, 0.25) is 0 Å². The minimum absolute atomic E-state index is 0.0987. The third-order valence-corrected chi connectivity index (χ3v) is 3.12. The van der Waals surface area contributed by atoms with Crippen LogP contribution in [0.3, 0.4) is 0 Å². The van der Waals surface area contributed by atoms with E-state index in [9.17, 15) is 4.79 Å². The molecular weight excluding hydrogens is 268 g/mol. The van der Waals surface area contributed by atoms with Crippen LogP contribution >= 0.6 is 0 Å². The lowest BCUT2D eigenvalue weighted by Crippen LogP contribution is -2.24. The van der Waals surface area contributed by atoms with E-state index in [1.807, 2.05) is 6.07 Å². The Kier molecular flexibility index (Phi) is 3.39. The first-order chi connectivity index (χ1) is 10.3. The van der Waals surface area contributed by atoms with Crippen molar-refractivity contribution in [3.63, 3.8) is 0 Å². The first-order valence-corrected chi connectivity index (χ1v) is 6.44. The molecule has 0 N–H and O–H groups in total. The Morgan fingerprint density at radius 2 is 2.00 bits per heavy atom. The molecule has 0 aliphatic heterocycles. The fourth-order valence-corrected chi connectivity index (χ4v) is 2.02. The summed E-state index contributed by atoms with van der Waals surface area (Å²) in [5.74, 6) is 0.674. The highest BCUT2D eigenvalue weighted by Gasteiger charge is 2.03. The molecule has 6 nitrogen and oxygen atoms in total. The third kappa shape index (κ3) is 2.62. The van der Waals surface area contributed by atoms with Gasteiger partial charge in [-0.15, -0.1) is 0 Å². The molecule has 0 unspecified atom stereocenters. The van der Waals surface area contributed by atoms with Crippen LogP contribution in [0.4, 0.5) is 0 Å². The Morgan fingerprint density at radius 3 is 2.76 bits per heavy atom. The maximum atomic E-state index is 12.1. The summed E-state index contributed by atoms with van der Waals surface area (Å²) >= 11 is 0. The number of rotatable bonds is 4. The van der Waals surface area contributed by atoms with Gasteiger partial charge in [-0.1, -0.05) is 0 Å². The van der Waals surface area contributed by atoms with E-state index in [0.29, 0.717) is 30.0 Å². The van der Waals surface area contributed by atoms with Crippen LogP contribution in [-0.4, -0.2) is 20.8 Å². The molecule has 2 aromatic heterocycles. The standard InChI is InChI=1S/C15H12N4O2/c16-11-12-1-3-13(4-2-12)21-10-9-18-7-8-19-14(15(18)20)5-6-17-19/h1-8H,9-10H2. The summed E-state index contributed by atoms with van der Waals surface area (Å²) in [6.45, 7) is 0.816. The molecule has 1 aromatic carbocycles. The van der Waals surface area contributed by atoms with Gasteiger partial charge < -0.3 is 9.30 Å². The van der Waals surface area contributed by atoms with Crippen LogP contribution in [0.25, 0.3) is 5.52 Å². The number of ether oxygens (including phenoxy) is 1. The molecular formula is C15H12N4O2. The molecule has 0 amide bonds. The summed E-state index contributed by atoms with van der Waals surface area (Å²) in [5.41, 5.74) is 1.03. The van der Waals surface area contributed by atoms with Gasteiger partial charge in [0.25, 0.3) is 5.56 Å². The number of hydrogen-bond donors (Lipinski definition) is 0. The first-order valence-electron chi connectivity index (χ1n) is 6.44. The Balaban J connectivity index is 1.67. The average molecular weight is 280 g/mol. The largest absolute Gasteiger partial charge is 0.492 e. The van der Waals surface area contributed by atoms with Crippen molar-refractivity contribution in [1.29, 1.82) is 5.26 Å². The van der Waals surface area contributed by atoms with Crippen molar-refractivity contribution in [2.75, 3.05) is 6.61 Å². The van der Waals surface area contributed by atoms with Gasteiger partial charge in [0, 0.05) is 12.4 Å². The minimum atomic E-state index is -0.0987. The van der Waals surface area contributed by atoms with Crippen molar-refractivity contribution in [1.82, 2.24) is 14.2 Å². The predicted molar refractivity (Wildman–Crippen MR) is 76.1 cm³/mol. The van der Waals surface area contributed by atoms with Gasteiger partial charge in [-0.05, 0) is 30.3 Å². The first kappa shape index (κ1) is 12.9. The molecule has 3 rings (SSSR count). The number of hydrogen-bond acceptors (Lipinski definition) is 4. The fourth-order valence-electron chi connectivity index (χ4n) is 2.02. The SMILES string of the molecule is N#Cc1ccc(OCCn2ccn3nccc3c2=O)cc1. The van der Waals surface area contributed by atoms with E-state index < -0.39 is 0 Å². The van der Waals surface area contributed by atoms with Crippen molar-refractivity contribution in [2.45, 2.75) is 6.54 Å². The quantitative estimate of drug-likeness (QED) is 0.725. The topological polar surface area (TPSA) is 72.3 Å². The minimum Gasteiger partial charge on any atom is -0.492 e. The Morgan fingerprint density at radius 1 is 1.19 bits per heavy atom. The van der Waals surface area contributed by atoms with Crippen molar-refractivity contribution in [2.24, 2.45) is 0 Å². The molecule has 0 saturated heterocycles. The zero-order valence-electron chi connectivity index (χ0n) is 11.1. The lowest BCUT2D eigenvalue weighted by Gasteiger charge is -2.08. The maximum absolute atomic E-state index is 12.1. The van der Waals surface area contributed by atoms with Gasteiger partial charge in [-0.3, -0.25) is 4.79 Å². The van der Waals surface area contributed by atoms with Crippen molar-refractivity contribution in [3.8, 4) is 11.8 Å². The normalized spacial score (nSPS) is 10.4. The molecule has 21 heavy (non-hydrogen) atoms. The van der Waals surface area contributed by atoms with E-state index in [4.69, 9.17) is 10.00 Å². The van der Waals surface area contributed by atoms with Crippen LogP contribution < -0.4 is 10.3 Å². The van der Waals surface area contributed by atoms with Crippen molar-refractivity contribution < 1.29 is 4.74 Å². The molecule has 0 bridgehead atoms. The lowest BCUT2D eigenvalue weighted by atomic mass is 10.2. The van der Waals surface area contributed by atoms with Gasteiger partial charge in [-0.25, -0.2) is 4.52 Å². The monoisotopic (exact) mass is 280 g/mol. The second-order valence-corrected chi connectivity index (χ2v) is 4.44. The van der Waals surface area contributed by atoms with Crippen LogP contribution in [0.15, 0.2) is 53.7 Å². The summed E-state index contributed by atoms with van der Waals surface area (Å²) in [6, 6.07) is 10.6. The molecule has 0 aliphatic rings. The van der Waals surface area contributed by atoms with E-state index in [0.717, 1.165) is 0 Å². The molecule has 104 valence electrons. The molecule has 3 aromatic rings. The van der Waals surface area contributed by atoms with E-state index in [2.05, 4.69) is 5.10 Å². The summed E-state index contributed by atoms with van der Waals surface area (Å²) in [5, 5.41) is 12.7. The van der Waals surface area contributed by atoms with E-state index in [-0.39, 0.29) is 5.56 Å². The fraction of sp³-hybridized carbons (Fsp3) is 0.133. The smallest absolute Gasteiger partial charge is 0.276 e. The zero-order chi connectivity index (χ0) is 14.7. The summed E-state index contributed by atoms with van der Waals surface area (Å²) < 4.78 is 8.69. The van der Waals surface area contributed by atoms with Gasteiger partial charge in [0.15, 0.2) is 0 Å². The van der Waals surface area contributed by atoms with E-state index in [1.54, 1.807) is 58.0 Å². The van der Waals surface area contributed by atoms with Gasteiger partial charge in [-0.2, -0.15) is 10.4 Å². The van der Waals surface area contributed by atoms with Crippen molar-refractivity contribution >= 4 is 5.52 Å². The predicted octanol–water partition coefficient (Wildman–Crippen LogP) is 1.45. The highest BCUT2D eigenvalue weighted by atomic mass is 16.5. The van der Waals surface area contributed by atoms with Crippen LogP contribution in [-0.2, 0) is 6.54 Å². The summed E-state index contributed by atoms with van der Waals surface area (Å²) in [6.07, 6.45) is 5.01. The summed E-state index contributed by atoms with van der Waals surface area (Å²) in [4.78, 5) is 12.1. The van der Waals surface area contributed by atoms with Crippen LogP contribution in [0.5, 0.6) is 5.75 Å². The number of benzene rings is 1. The number of fused-ring (bicyclic) bond motifs is 1. The molecule has 6 heteroatoms. The molecule has 0 fully saturated rings. The molecule has 0 saturated carbocycles. The average Bonchev–Trinajstić information content (AvgIpc) is 3.00. The summed E-state index contributed by atoms with van der Waals surface area (Å²) in [7, 11) is 0. The van der Waals surface area contributed by atoms with Gasteiger partial charge in [0.2, 0.25) is 0 Å². The van der Waals surface area contributed by atoms with Gasteiger partial charge in [0.05, 0.1) is 24.4 Å². The van der Waals surface area contributed by atoms with E-state index >= 15 is 0 Å².